The molecule has 1 fully saturated rings. The summed E-state index contributed by atoms with van der Waals surface area (Å²) >= 11 is 0. The molecule has 0 N–H and O–H groups in total. The van der Waals surface area contributed by atoms with Crippen molar-refractivity contribution in [3.05, 3.63) is 71.3 Å². The Kier molecular flexibility index (Phi) is 4.41. The minimum Gasteiger partial charge on any atom is -0.354 e. The lowest BCUT2D eigenvalue weighted by molar-refractivity contribution is 0.249. The Morgan fingerprint density at radius 1 is 0.840 bits per heavy atom. The fraction of sp³-hybridized carbons (Fsp3) is 0.318. The maximum atomic E-state index is 4.89. The lowest BCUT2D eigenvalue weighted by atomic mass is 10.1. The Morgan fingerprint density at radius 3 is 2.36 bits per heavy atom. The van der Waals surface area contributed by atoms with E-state index in [1.165, 1.54) is 22.1 Å². The van der Waals surface area contributed by atoms with Crippen molar-refractivity contribution in [2.24, 2.45) is 0 Å². The van der Waals surface area contributed by atoms with Crippen LogP contribution in [0.5, 0.6) is 0 Å². The molecule has 1 saturated heterocycles. The molecular formula is C22H25N3. The first-order valence-corrected chi connectivity index (χ1v) is 9.09. The van der Waals surface area contributed by atoms with Gasteiger partial charge in [-0.1, -0.05) is 42.5 Å². The summed E-state index contributed by atoms with van der Waals surface area (Å²) in [5.41, 5.74) is 5.23. The second-order valence-corrected chi connectivity index (χ2v) is 7.00. The first kappa shape index (κ1) is 16.1. The maximum Gasteiger partial charge on any atom is 0.129 e. The second-order valence-electron chi connectivity index (χ2n) is 7.00. The van der Waals surface area contributed by atoms with Crippen molar-refractivity contribution in [3.63, 3.8) is 0 Å². The van der Waals surface area contributed by atoms with Crippen LogP contribution in [0.2, 0.25) is 0 Å². The van der Waals surface area contributed by atoms with Gasteiger partial charge in [-0.3, -0.25) is 4.90 Å². The highest BCUT2D eigenvalue weighted by atomic mass is 15.3. The topological polar surface area (TPSA) is 19.4 Å². The average molecular weight is 331 g/mol. The van der Waals surface area contributed by atoms with Crippen molar-refractivity contribution >= 4 is 16.7 Å². The van der Waals surface area contributed by atoms with Crippen molar-refractivity contribution < 1.29 is 0 Å². The lowest BCUT2D eigenvalue weighted by Crippen LogP contribution is -2.46. The molecule has 2 heterocycles. The predicted molar refractivity (Wildman–Crippen MR) is 105 cm³/mol. The van der Waals surface area contributed by atoms with Gasteiger partial charge in [0.15, 0.2) is 0 Å². The molecule has 4 rings (SSSR count). The summed E-state index contributed by atoms with van der Waals surface area (Å²) in [6.45, 7) is 9.68. The SMILES string of the molecule is Cc1ccccc1CN1CCN(c2cc(C)c3ccccc3n2)CC1. The molecule has 0 amide bonds. The number of para-hydroxylation sites is 1. The van der Waals surface area contributed by atoms with Gasteiger partial charge in [-0.2, -0.15) is 0 Å². The summed E-state index contributed by atoms with van der Waals surface area (Å²) in [7, 11) is 0. The standard InChI is InChI=1S/C22H25N3/c1-17-7-3-4-8-19(17)16-24-11-13-25(14-12-24)22-15-18(2)20-9-5-6-10-21(20)23-22/h3-10,15H,11-14,16H2,1-2H3. The number of benzene rings is 2. The fourth-order valence-electron chi connectivity index (χ4n) is 3.66. The molecule has 0 bridgehead atoms. The van der Waals surface area contributed by atoms with E-state index >= 15 is 0 Å². The first-order valence-electron chi connectivity index (χ1n) is 9.09. The van der Waals surface area contributed by atoms with Crippen LogP contribution < -0.4 is 4.90 Å². The normalized spacial score (nSPS) is 15.7. The number of aryl methyl sites for hydroxylation is 2. The molecule has 3 nitrogen and oxygen atoms in total. The quantitative estimate of drug-likeness (QED) is 0.718. The van der Waals surface area contributed by atoms with Gasteiger partial charge in [0, 0.05) is 38.1 Å². The molecule has 25 heavy (non-hydrogen) atoms. The highest BCUT2D eigenvalue weighted by molar-refractivity contribution is 5.83. The predicted octanol–water partition coefficient (Wildman–Crippen LogP) is 4.17. The molecule has 2 aromatic carbocycles. The molecule has 1 aromatic heterocycles. The van der Waals surface area contributed by atoms with E-state index < -0.39 is 0 Å². The average Bonchev–Trinajstić information content (AvgIpc) is 2.64. The number of hydrogen-bond donors (Lipinski definition) is 0. The molecule has 0 unspecified atom stereocenters. The van der Waals surface area contributed by atoms with E-state index in [2.05, 4.69) is 78.2 Å². The van der Waals surface area contributed by atoms with Crippen LogP contribution in [0.1, 0.15) is 16.7 Å². The highest BCUT2D eigenvalue weighted by Gasteiger charge is 2.19. The van der Waals surface area contributed by atoms with Crippen LogP contribution in [0.4, 0.5) is 5.82 Å². The minimum atomic E-state index is 1.04. The summed E-state index contributed by atoms with van der Waals surface area (Å²) in [5.74, 6) is 1.12. The van der Waals surface area contributed by atoms with Gasteiger partial charge in [0.05, 0.1) is 5.52 Å². The summed E-state index contributed by atoms with van der Waals surface area (Å²) in [5, 5.41) is 1.25. The second kappa shape index (κ2) is 6.85. The van der Waals surface area contributed by atoms with Crippen LogP contribution in [0.3, 0.4) is 0 Å². The Morgan fingerprint density at radius 2 is 1.56 bits per heavy atom. The number of fused-ring (bicyclic) bond motifs is 1. The van der Waals surface area contributed by atoms with Crippen LogP contribution in [0.15, 0.2) is 54.6 Å². The largest absolute Gasteiger partial charge is 0.354 e. The van der Waals surface area contributed by atoms with E-state index in [1.54, 1.807) is 0 Å². The van der Waals surface area contributed by atoms with Crippen LogP contribution in [0.25, 0.3) is 10.9 Å². The molecule has 1 aliphatic rings. The Balaban J connectivity index is 1.46. The molecule has 0 atom stereocenters. The number of anilines is 1. The molecule has 0 radical (unpaired) electrons. The van der Waals surface area contributed by atoms with Gasteiger partial charge in [-0.05, 0) is 42.7 Å². The zero-order chi connectivity index (χ0) is 17.2. The summed E-state index contributed by atoms with van der Waals surface area (Å²) in [6, 6.07) is 19.4. The highest BCUT2D eigenvalue weighted by Crippen LogP contribution is 2.23. The van der Waals surface area contributed by atoms with E-state index in [0.29, 0.717) is 0 Å². The van der Waals surface area contributed by atoms with Crippen LogP contribution in [-0.2, 0) is 6.54 Å². The van der Waals surface area contributed by atoms with Gasteiger partial charge in [0.1, 0.15) is 5.82 Å². The first-order chi connectivity index (χ1) is 12.2. The van der Waals surface area contributed by atoms with Crippen molar-refractivity contribution in [2.75, 3.05) is 31.1 Å². The van der Waals surface area contributed by atoms with Gasteiger partial charge in [-0.15, -0.1) is 0 Å². The van der Waals surface area contributed by atoms with Crippen LogP contribution in [-0.4, -0.2) is 36.1 Å². The lowest BCUT2D eigenvalue weighted by Gasteiger charge is -2.36. The third kappa shape index (κ3) is 3.38. The molecule has 1 aliphatic heterocycles. The van der Waals surface area contributed by atoms with Crippen molar-refractivity contribution in [1.29, 1.82) is 0 Å². The van der Waals surface area contributed by atoms with Crippen molar-refractivity contribution in [1.82, 2.24) is 9.88 Å². The summed E-state index contributed by atoms with van der Waals surface area (Å²) < 4.78 is 0. The molecule has 128 valence electrons. The van der Waals surface area contributed by atoms with E-state index in [-0.39, 0.29) is 0 Å². The molecule has 0 aliphatic carbocycles. The molecule has 0 spiro atoms. The monoisotopic (exact) mass is 331 g/mol. The van der Waals surface area contributed by atoms with Gasteiger partial charge in [-0.25, -0.2) is 4.98 Å². The van der Waals surface area contributed by atoms with E-state index in [0.717, 1.165) is 44.1 Å². The molecule has 0 saturated carbocycles. The molecule has 3 heteroatoms. The number of piperazine rings is 1. The molecule has 3 aromatic rings. The zero-order valence-electron chi connectivity index (χ0n) is 15.1. The van der Waals surface area contributed by atoms with Crippen LogP contribution >= 0.6 is 0 Å². The van der Waals surface area contributed by atoms with Gasteiger partial charge in [0.25, 0.3) is 0 Å². The number of hydrogen-bond acceptors (Lipinski definition) is 3. The maximum absolute atomic E-state index is 4.89. The molecular weight excluding hydrogens is 306 g/mol. The Hall–Kier alpha value is -2.39. The van der Waals surface area contributed by atoms with Crippen molar-refractivity contribution in [3.8, 4) is 0 Å². The van der Waals surface area contributed by atoms with Gasteiger partial charge in [0.2, 0.25) is 0 Å². The number of pyridine rings is 1. The Bertz CT molecular complexity index is 879. The van der Waals surface area contributed by atoms with E-state index in [9.17, 15) is 0 Å². The number of nitrogens with zero attached hydrogens (tertiary/aromatic N) is 3. The fourth-order valence-corrected chi connectivity index (χ4v) is 3.66. The third-order valence-corrected chi connectivity index (χ3v) is 5.26. The number of aromatic nitrogens is 1. The van der Waals surface area contributed by atoms with Gasteiger partial charge >= 0.3 is 0 Å². The number of rotatable bonds is 3. The third-order valence-electron chi connectivity index (χ3n) is 5.26. The van der Waals surface area contributed by atoms with E-state index in [1.807, 2.05) is 0 Å². The smallest absolute Gasteiger partial charge is 0.129 e. The van der Waals surface area contributed by atoms with E-state index in [4.69, 9.17) is 4.98 Å². The Labute approximate surface area is 149 Å². The van der Waals surface area contributed by atoms with Crippen molar-refractivity contribution in [2.45, 2.75) is 20.4 Å². The minimum absolute atomic E-state index is 1.04. The summed E-state index contributed by atoms with van der Waals surface area (Å²) in [6.07, 6.45) is 0. The zero-order valence-corrected chi connectivity index (χ0v) is 15.1. The van der Waals surface area contributed by atoms with Gasteiger partial charge < -0.3 is 4.90 Å². The summed E-state index contributed by atoms with van der Waals surface area (Å²) in [4.78, 5) is 9.86. The van der Waals surface area contributed by atoms with Crippen LogP contribution in [0, 0.1) is 13.8 Å².